The molecule has 2 unspecified atom stereocenters. The average Bonchev–Trinajstić information content (AvgIpc) is 2.37. The van der Waals surface area contributed by atoms with E-state index in [-0.39, 0.29) is 12.0 Å². The van der Waals surface area contributed by atoms with E-state index in [2.05, 4.69) is 32.9 Å². The molecule has 0 bridgehead atoms. The van der Waals surface area contributed by atoms with Crippen LogP contribution in [0, 0.1) is 11.8 Å². The highest BCUT2D eigenvalue weighted by Crippen LogP contribution is 2.20. The van der Waals surface area contributed by atoms with Gasteiger partial charge in [0.25, 0.3) is 0 Å². The van der Waals surface area contributed by atoms with E-state index in [9.17, 15) is 4.79 Å². The van der Waals surface area contributed by atoms with Crippen LogP contribution in [-0.2, 0) is 16.0 Å². The summed E-state index contributed by atoms with van der Waals surface area (Å²) in [5.41, 5.74) is 6.54. The van der Waals surface area contributed by atoms with Gasteiger partial charge >= 0.3 is 0 Å². The van der Waals surface area contributed by atoms with E-state index in [1.807, 2.05) is 18.2 Å². The molecule has 3 heteroatoms. The second-order valence-electron chi connectivity index (χ2n) is 5.42. The van der Waals surface area contributed by atoms with Gasteiger partial charge < -0.3 is 10.5 Å². The summed E-state index contributed by atoms with van der Waals surface area (Å²) in [5, 5.41) is 0. The molecule has 0 aliphatic heterocycles. The molecule has 0 aromatic heterocycles. The van der Waals surface area contributed by atoms with Crippen molar-refractivity contribution in [3.8, 4) is 0 Å². The Kier molecular flexibility index (Phi) is 6.57. The normalized spacial score (nSPS) is 14.3. The van der Waals surface area contributed by atoms with Crippen LogP contribution in [0.1, 0.15) is 32.8 Å². The second-order valence-corrected chi connectivity index (χ2v) is 5.42. The van der Waals surface area contributed by atoms with Crippen molar-refractivity contribution in [3.05, 3.63) is 35.9 Å². The predicted molar refractivity (Wildman–Crippen MR) is 77.7 cm³/mol. The van der Waals surface area contributed by atoms with Crippen molar-refractivity contribution in [2.75, 3.05) is 6.61 Å². The number of primary amides is 1. The molecule has 0 saturated carbocycles. The van der Waals surface area contributed by atoms with Crippen molar-refractivity contribution in [2.24, 2.45) is 17.6 Å². The summed E-state index contributed by atoms with van der Waals surface area (Å²) in [5.74, 6) is 0.501. The highest BCUT2D eigenvalue weighted by atomic mass is 16.5. The van der Waals surface area contributed by atoms with Gasteiger partial charge in [0, 0.05) is 0 Å². The highest BCUT2D eigenvalue weighted by Gasteiger charge is 2.22. The summed E-state index contributed by atoms with van der Waals surface area (Å²) in [6.45, 7) is 7.01. The molecule has 0 spiro atoms. The summed E-state index contributed by atoms with van der Waals surface area (Å²) in [4.78, 5) is 11.1. The smallest absolute Gasteiger partial charge is 0.220 e. The van der Waals surface area contributed by atoms with Gasteiger partial charge in [-0.15, -0.1) is 0 Å². The van der Waals surface area contributed by atoms with Gasteiger partial charge in [0.15, 0.2) is 0 Å². The lowest BCUT2D eigenvalue weighted by atomic mass is 9.90. The van der Waals surface area contributed by atoms with Gasteiger partial charge in [-0.05, 0) is 23.8 Å². The van der Waals surface area contributed by atoms with E-state index in [0.29, 0.717) is 24.9 Å². The molecule has 2 atom stereocenters. The SMILES string of the molecule is CC(C)C(C)C(CC(N)=O)OCCc1ccccc1. The number of amides is 1. The molecule has 2 N–H and O–H groups in total. The summed E-state index contributed by atoms with van der Waals surface area (Å²) in [6.07, 6.45) is 1.08. The number of nitrogens with two attached hydrogens (primary N) is 1. The average molecular weight is 263 g/mol. The molecular weight excluding hydrogens is 238 g/mol. The molecule has 1 amide bonds. The van der Waals surface area contributed by atoms with Crippen LogP contribution in [0.3, 0.4) is 0 Å². The standard InChI is InChI=1S/C16H25NO2/c1-12(2)13(3)15(11-16(17)18)19-10-9-14-7-5-4-6-8-14/h4-8,12-13,15H,9-11H2,1-3H3,(H2,17,18). The van der Waals surface area contributed by atoms with Crippen molar-refractivity contribution in [2.45, 2.75) is 39.7 Å². The monoisotopic (exact) mass is 263 g/mol. The molecule has 0 fully saturated rings. The first-order chi connectivity index (χ1) is 9.00. The van der Waals surface area contributed by atoms with Crippen LogP contribution in [0.15, 0.2) is 30.3 Å². The van der Waals surface area contributed by atoms with E-state index in [0.717, 1.165) is 6.42 Å². The Balaban J connectivity index is 2.46. The van der Waals surface area contributed by atoms with Crippen molar-refractivity contribution < 1.29 is 9.53 Å². The maximum Gasteiger partial charge on any atom is 0.220 e. The zero-order valence-corrected chi connectivity index (χ0v) is 12.1. The van der Waals surface area contributed by atoms with Crippen molar-refractivity contribution in [3.63, 3.8) is 0 Å². The third kappa shape index (κ3) is 5.88. The van der Waals surface area contributed by atoms with Gasteiger partial charge in [-0.3, -0.25) is 4.79 Å². The maximum absolute atomic E-state index is 11.1. The number of hydrogen-bond acceptors (Lipinski definition) is 2. The van der Waals surface area contributed by atoms with Crippen LogP contribution >= 0.6 is 0 Å². The van der Waals surface area contributed by atoms with Crippen molar-refractivity contribution in [1.82, 2.24) is 0 Å². The second kappa shape index (κ2) is 7.95. The maximum atomic E-state index is 11.1. The van der Waals surface area contributed by atoms with Gasteiger partial charge in [-0.2, -0.15) is 0 Å². The summed E-state index contributed by atoms with van der Waals surface area (Å²) in [6, 6.07) is 10.2. The van der Waals surface area contributed by atoms with E-state index in [1.165, 1.54) is 5.56 Å². The minimum atomic E-state index is -0.294. The fourth-order valence-electron chi connectivity index (χ4n) is 2.00. The van der Waals surface area contributed by atoms with Crippen molar-refractivity contribution in [1.29, 1.82) is 0 Å². The number of carbonyl (C=O) groups excluding carboxylic acids is 1. The molecule has 0 aliphatic rings. The Morgan fingerprint density at radius 3 is 2.37 bits per heavy atom. The number of rotatable bonds is 8. The summed E-state index contributed by atoms with van der Waals surface area (Å²) >= 11 is 0. The molecule has 3 nitrogen and oxygen atoms in total. The van der Waals surface area contributed by atoms with Crippen LogP contribution in [-0.4, -0.2) is 18.6 Å². The van der Waals surface area contributed by atoms with Gasteiger partial charge in [-0.1, -0.05) is 51.1 Å². The Labute approximate surface area is 116 Å². The Morgan fingerprint density at radius 2 is 1.84 bits per heavy atom. The molecule has 1 rings (SSSR count). The third-order valence-corrected chi connectivity index (χ3v) is 3.61. The topological polar surface area (TPSA) is 52.3 Å². The first-order valence-corrected chi connectivity index (χ1v) is 6.94. The van der Waals surface area contributed by atoms with Crippen LogP contribution in [0.5, 0.6) is 0 Å². The number of benzene rings is 1. The quantitative estimate of drug-likeness (QED) is 0.784. The molecular formula is C16H25NO2. The van der Waals surface area contributed by atoms with E-state index >= 15 is 0 Å². The van der Waals surface area contributed by atoms with Crippen LogP contribution < -0.4 is 5.73 Å². The van der Waals surface area contributed by atoms with Gasteiger partial charge in [0.05, 0.1) is 19.1 Å². The zero-order chi connectivity index (χ0) is 14.3. The Bertz CT molecular complexity index is 376. The van der Waals surface area contributed by atoms with E-state index in [1.54, 1.807) is 0 Å². The van der Waals surface area contributed by atoms with Gasteiger partial charge in [0.2, 0.25) is 5.91 Å². The Morgan fingerprint density at radius 1 is 1.21 bits per heavy atom. The lowest BCUT2D eigenvalue weighted by Crippen LogP contribution is -2.31. The first kappa shape index (κ1) is 15.7. The van der Waals surface area contributed by atoms with Crippen LogP contribution in [0.25, 0.3) is 0 Å². The van der Waals surface area contributed by atoms with E-state index < -0.39 is 0 Å². The van der Waals surface area contributed by atoms with E-state index in [4.69, 9.17) is 10.5 Å². The molecule has 0 aliphatic carbocycles. The Hall–Kier alpha value is -1.35. The molecule has 106 valence electrons. The minimum absolute atomic E-state index is 0.0822. The first-order valence-electron chi connectivity index (χ1n) is 6.94. The molecule has 1 aromatic rings. The predicted octanol–water partition coefficient (Wildman–Crippen LogP) is 2.78. The fourth-order valence-corrected chi connectivity index (χ4v) is 2.00. The van der Waals surface area contributed by atoms with Gasteiger partial charge in [0.1, 0.15) is 0 Å². The lowest BCUT2D eigenvalue weighted by Gasteiger charge is -2.26. The van der Waals surface area contributed by atoms with Gasteiger partial charge in [-0.25, -0.2) is 0 Å². The minimum Gasteiger partial charge on any atom is -0.377 e. The van der Waals surface area contributed by atoms with Crippen molar-refractivity contribution >= 4 is 5.91 Å². The zero-order valence-electron chi connectivity index (χ0n) is 12.1. The summed E-state index contributed by atoms with van der Waals surface area (Å²) in [7, 11) is 0. The molecule has 1 aromatic carbocycles. The number of hydrogen-bond donors (Lipinski definition) is 1. The largest absolute Gasteiger partial charge is 0.377 e. The fraction of sp³-hybridized carbons (Fsp3) is 0.562. The summed E-state index contributed by atoms with van der Waals surface area (Å²) < 4.78 is 5.88. The molecule has 0 heterocycles. The number of ether oxygens (including phenoxy) is 1. The molecule has 19 heavy (non-hydrogen) atoms. The highest BCUT2D eigenvalue weighted by molar-refractivity contribution is 5.74. The number of carbonyl (C=O) groups is 1. The van der Waals surface area contributed by atoms with Crippen LogP contribution in [0.4, 0.5) is 0 Å². The molecule has 0 radical (unpaired) electrons. The van der Waals surface area contributed by atoms with Crippen LogP contribution in [0.2, 0.25) is 0 Å². The third-order valence-electron chi connectivity index (χ3n) is 3.61. The lowest BCUT2D eigenvalue weighted by molar-refractivity contribution is -0.122. The molecule has 0 saturated heterocycles.